The molecule has 2 heterocycles. The first-order valence-corrected chi connectivity index (χ1v) is 10.8. The third kappa shape index (κ3) is 4.96. The van der Waals surface area contributed by atoms with Crippen molar-refractivity contribution in [3.8, 4) is 17.2 Å². The molecule has 1 aliphatic rings. The Hall–Kier alpha value is -4.33. The Kier molecular flexibility index (Phi) is 5.86. The van der Waals surface area contributed by atoms with Crippen molar-refractivity contribution in [3.63, 3.8) is 0 Å². The van der Waals surface area contributed by atoms with E-state index in [4.69, 9.17) is 9.47 Å². The van der Waals surface area contributed by atoms with Crippen molar-refractivity contribution in [3.05, 3.63) is 113 Å². The van der Waals surface area contributed by atoms with E-state index in [1.807, 2.05) is 36.5 Å². The molecule has 0 atom stereocenters. The maximum absolute atomic E-state index is 13.0. The Morgan fingerprint density at radius 2 is 1.86 bits per heavy atom. The summed E-state index contributed by atoms with van der Waals surface area (Å²) in [5.74, 6) is 0.599. The van der Waals surface area contributed by atoms with Crippen LogP contribution in [-0.2, 0) is 12.8 Å². The second-order valence-electron chi connectivity index (χ2n) is 7.99. The zero-order valence-electron chi connectivity index (χ0n) is 18.3. The smallest absolute Gasteiger partial charge is 0.416 e. The van der Waals surface area contributed by atoms with E-state index < -0.39 is 11.7 Å². The quantitative estimate of drug-likeness (QED) is 0.325. The largest absolute Gasteiger partial charge is 0.489 e. The number of Topliss-reactive ketones (excluding diaryl/α,β-unsaturated/α-hetero) is 1. The molecule has 0 saturated heterocycles. The summed E-state index contributed by atoms with van der Waals surface area (Å²) >= 11 is 0. The Morgan fingerprint density at radius 1 is 1.03 bits per heavy atom. The van der Waals surface area contributed by atoms with Crippen molar-refractivity contribution in [1.82, 2.24) is 9.78 Å². The minimum Gasteiger partial charge on any atom is -0.489 e. The normalized spacial score (nSPS) is 14.5. The van der Waals surface area contributed by atoms with Gasteiger partial charge in [-0.25, -0.2) is 4.68 Å². The number of rotatable bonds is 5. The molecule has 5 rings (SSSR count). The Morgan fingerprint density at radius 3 is 2.66 bits per heavy atom. The number of halogens is 3. The van der Waals surface area contributed by atoms with Crippen molar-refractivity contribution >= 4 is 11.9 Å². The molecule has 0 unspecified atom stereocenters. The standard InChI is InChI=1S/C27H19F3N2O3/c28-27(29,30)21-6-4-5-18(12-21)11-20-17-35-25-13-23(9-10-24(25)26(20)33)34-16-19-14-31-32(15-19)22-7-2-1-3-8-22/h1-15H,16-17H2/b20-11+. The summed E-state index contributed by atoms with van der Waals surface area (Å²) in [6.45, 7) is 0.232. The molecule has 176 valence electrons. The second-order valence-corrected chi connectivity index (χ2v) is 7.99. The lowest BCUT2D eigenvalue weighted by atomic mass is 9.98. The molecule has 4 aromatic rings. The van der Waals surface area contributed by atoms with Crippen LogP contribution in [0.15, 0.2) is 90.8 Å². The highest BCUT2D eigenvalue weighted by Crippen LogP contribution is 2.33. The summed E-state index contributed by atoms with van der Waals surface area (Å²) < 4.78 is 52.3. The zero-order valence-corrected chi connectivity index (χ0v) is 18.3. The molecule has 3 aromatic carbocycles. The lowest BCUT2D eigenvalue weighted by Crippen LogP contribution is -2.19. The van der Waals surface area contributed by atoms with E-state index in [-0.39, 0.29) is 30.1 Å². The Balaban J connectivity index is 1.28. The van der Waals surface area contributed by atoms with E-state index in [1.165, 1.54) is 18.2 Å². The van der Waals surface area contributed by atoms with E-state index in [0.29, 0.717) is 17.1 Å². The number of nitrogens with zero attached hydrogens (tertiary/aromatic N) is 2. The highest BCUT2D eigenvalue weighted by molar-refractivity contribution is 6.14. The first-order valence-electron chi connectivity index (χ1n) is 10.8. The Bertz CT molecular complexity index is 1410. The maximum atomic E-state index is 13.0. The lowest BCUT2D eigenvalue weighted by Gasteiger charge is -2.20. The van der Waals surface area contributed by atoms with Crippen LogP contribution in [0, 0.1) is 0 Å². The van der Waals surface area contributed by atoms with Crippen LogP contribution in [0.4, 0.5) is 13.2 Å². The fourth-order valence-corrected chi connectivity index (χ4v) is 3.73. The average molecular weight is 476 g/mol. The molecule has 5 nitrogen and oxygen atoms in total. The first-order chi connectivity index (χ1) is 16.9. The van der Waals surface area contributed by atoms with Gasteiger partial charge in [-0.1, -0.05) is 30.3 Å². The molecular weight excluding hydrogens is 457 g/mol. The summed E-state index contributed by atoms with van der Waals surface area (Å²) in [7, 11) is 0. The number of ether oxygens (including phenoxy) is 2. The van der Waals surface area contributed by atoms with Gasteiger partial charge in [-0.2, -0.15) is 18.3 Å². The molecule has 0 amide bonds. The van der Waals surface area contributed by atoms with Crippen molar-refractivity contribution in [2.24, 2.45) is 0 Å². The predicted octanol–water partition coefficient (Wildman–Crippen LogP) is 6.13. The molecule has 0 radical (unpaired) electrons. The van der Waals surface area contributed by atoms with Crippen LogP contribution in [0.1, 0.15) is 27.0 Å². The Labute approximate surface area is 199 Å². The van der Waals surface area contributed by atoms with Gasteiger partial charge in [0.2, 0.25) is 0 Å². The van der Waals surface area contributed by atoms with Gasteiger partial charge in [-0.15, -0.1) is 0 Å². The number of benzene rings is 3. The molecule has 0 spiro atoms. The van der Waals surface area contributed by atoms with Gasteiger partial charge in [0.15, 0.2) is 5.78 Å². The van der Waals surface area contributed by atoms with Crippen LogP contribution in [0.25, 0.3) is 11.8 Å². The number of para-hydroxylation sites is 1. The number of hydrogen-bond acceptors (Lipinski definition) is 4. The van der Waals surface area contributed by atoms with Crippen LogP contribution >= 0.6 is 0 Å². The SMILES string of the molecule is O=C1/C(=C/c2cccc(C(F)(F)F)c2)COc2cc(OCc3cnn(-c4ccccc4)c3)ccc21. The van der Waals surface area contributed by atoms with Crippen LogP contribution in [0.3, 0.4) is 0 Å². The van der Waals surface area contributed by atoms with Gasteiger partial charge in [-0.05, 0) is 48.0 Å². The van der Waals surface area contributed by atoms with E-state index in [2.05, 4.69) is 5.10 Å². The van der Waals surface area contributed by atoms with Gasteiger partial charge in [0.25, 0.3) is 0 Å². The van der Waals surface area contributed by atoms with Crippen molar-refractivity contribution in [2.75, 3.05) is 6.61 Å². The fraction of sp³-hybridized carbons (Fsp3) is 0.111. The van der Waals surface area contributed by atoms with Gasteiger partial charge in [0, 0.05) is 23.4 Å². The summed E-state index contributed by atoms with van der Waals surface area (Å²) in [6, 6.07) is 19.4. The summed E-state index contributed by atoms with van der Waals surface area (Å²) in [5.41, 5.74) is 1.93. The molecular formula is C27H19F3N2O3. The highest BCUT2D eigenvalue weighted by atomic mass is 19.4. The summed E-state index contributed by atoms with van der Waals surface area (Å²) in [6.07, 6.45) is 0.565. The highest BCUT2D eigenvalue weighted by Gasteiger charge is 2.30. The zero-order chi connectivity index (χ0) is 24.4. The van der Waals surface area contributed by atoms with Crippen molar-refractivity contribution in [2.45, 2.75) is 12.8 Å². The number of alkyl halides is 3. The topological polar surface area (TPSA) is 53.4 Å². The molecule has 1 aliphatic heterocycles. The van der Waals surface area contributed by atoms with Crippen LogP contribution in [0.5, 0.6) is 11.5 Å². The van der Waals surface area contributed by atoms with Gasteiger partial charge in [0.05, 0.1) is 23.0 Å². The van der Waals surface area contributed by atoms with Gasteiger partial charge in [0.1, 0.15) is 24.7 Å². The number of carbonyl (C=O) groups is 1. The molecule has 0 N–H and O–H groups in total. The maximum Gasteiger partial charge on any atom is 0.416 e. The molecule has 0 bridgehead atoms. The number of aromatic nitrogens is 2. The number of carbonyl (C=O) groups excluding carboxylic acids is 1. The van der Waals surface area contributed by atoms with E-state index in [0.717, 1.165) is 23.4 Å². The minimum absolute atomic E-state index is 0.0463. The third-order valence-corrected chi connectivity index (χ3v) is 5.49. The number of ketones is 1. The molecule has 1 aromatic heterocycles. The minimum atomic E-state index is -4.45. The van der Waals surface area contributed by atoms with Crippen LogP contribution in [-0.4, -0.2) is 22.2 Å². The molecule has 8 heteroatoms. The fourth-order valence-electron chi connectivity index (χ4n) is 3.73. The van der Waals surface area contributed by atoms with Gasteiger partial charge in [-0.3, -0.25) is 4.79 Å². The predicted molar refractivity (Wildman–Crippen MR) is 124 cm³/mol. The van der Waals surface area contributed by atoms with Crippen molar-refractivity contribution in [1.29, 1.82) is 0 Å². The van der Waals surface area contributed by atoms with Crippen molar-refractivity contribution < 1.29 is 27.4 Å². The molecule has 0 saturated carbocycles. The lowest BCUT2D eigenvalue weighted by molar-refractivity contribution is -0.137. The van der Waals surface area contributed by atoms with E-state index >= 15 is 0 Å². The second kappa shape index (κ2) is 9.13. The first kappa shape index (κ1) is 22.5. The average Bonchev–Trinajstić information content (AvgIpc) is 3.34. The van der Waals surface area contributed by atoms with Crippen LogP contribution in [0.2, 0.25) is 0 Å². The van der Waals surface area contributed by atoms with Gasteiger partial charge < -0.3 is 9.47 Å². The molecule has 35 heavy (non-hydrogen) atoms. The van der Waals surface area contributed by atoms with Gasteiger partial charge >= 0.3 is 6.18 Å². The summed E-state index contributed by atoms with van der Waals surface area (Å²) in [4.78, 5) is 12.9. The molecule has 0 aliphatic carbocycles. The monoisotopic (exact) mass is 476 g/mol. The van der Waals surface area contributed by atoms with Crippen LogP contribution < -0.4 is 9.47 Å². The number of fused-ring (bicyclic) bond motifs is 1. The summed E-state index contributed by atoms with van der Waals surface area (Å²) in [5, 5.41) is 4.34. The molecule has 0 fully saturated rings. The number of hydrogen-bond donors (Lipinski definition) is 0. The van der Waals surface area contributed by atoms with E-state index in [1.54, 1.807) is 29.1 Å². The van der Waals surface area contributed by atoms with E-state index in [9.17, 15) is 18.0 Å². The third-order valence-electron chi connectivity index (χ3n) is 5.49.